The molecule has 127 heavy (non-hydrogen) atoms. The molecule has 2 saturated heterocycles. The first-order valence-electron chi connectivity index (χ1n) is 45.0. The van der Waals surface area contributed by atoms with Gasteiger partial charge in [0.1, 0.15) is 59.2 Å². The van der Waals surface area contributed by atoms with E-state index in [0.717, 1.165) is 30.4 Å². The molecular formula is C91H138N12O24. The lowest BCUT2D eigenvalue weighted by molar-refractivity contribution is -0.265. The number of amides is 2. The molecule has 3 aliphatic heterocycles. The summed E-state index contributed by atoms with van der Waals surface area (Å²) in [5.41, 5.74) is 17.1. The molecule has 7 heterocycles. The number of benzene rings is 1. The standard InChI is InChI=1S/C91H138N12O24/c1-60-18-12-11-13-19-61(2)76(112-8)55-70-24-21-66(7)91(111,127-70)85(108)88(109)102-29-16-14-20-72(102)89(110)125-77(56-73(104)62(3)51-65(6)83(107)84(114-10)82(106)64(5)50-60)63(4)52-67-22-25-75(78(53-67)113-9)124-49-48-123-58-69-57-101(100-98-69)31-33-116-35-37-118-39-41-120-43-45-122-47-46-121-44-42-119-40-38-117-36-34-115-32-27-79(105)94-28-15-17-30-103-87-80(86(92)95-59-96-87)81(99-103)68-23-26-74-71(54-68)97-90(93)126-74/h11-13,18-19,23,26,51,54,57,59-60,62-64,66-67,70,72,75-78,83-84,107,111H,14-17,20-22,24-25,27-50,52-53,55-56,58H2,1-10H3,(H2,93,97)(H,94,105)(H2,92,95,96)/b13-11-,18-12-,61-19-,65-51-/t60-,62-,63-,64-,66-,67-,70+,72-,75+,76?,77+,78-,83+,84?,91-/m1/s1. The SMILES string of the molecule is COC1C[C@@H]2CC[C@@H](C)[C@@](O)(O2)C(=O)C(=O)N2CCCC[C@@H]2C(=O)O[C@H]([C@H](C)C[C@H]2CC[C@H](OCCOCc3cn(CCOCCOCCOCCOCCOCCOCCOCCOCCC(=O)NCCCCn4nc(-c5ccc6oc(N)nc6c5)c5c(N)ncnc54)nn3)[C@H](OC)C2)CC(=O)[C@H](C)/C=C(/C)[C@H](O)C(OC)C(=O)[C@H](C)C[C@H](C)\C=C/C=C\C=C/1C. The molecule has 0 radical (unpaired) electrons. The minimum atomic E-state index is -2.47. The first-order valence-corrected chi connectivity index (χ1v) is 45.0. The smallest absolute Gasteiger partial charge is 0.329 e. The molecule has 36 nitrogen and oxygen atoms in total. The number of methoxy groups -OCH3 is 3. The maximum Gasteiger partial charge on any atom is 0.329 e. The van der Waals surface area contributed by atoms with Crippen LogP contribution in [0.4, 0.5) is 11.8 Å². The number of nitrogens with zero attached hydrogens (tertiary/aromatic N) is 9. The fraction of sp³-hybridized carbons (Fsp3) is 0.692. The van der Waals surface area contributed by atoms with E-state index in [9.17, 15) is 39.0 Å². The summed E-state index contributed by atoms with van der Waals surface area (Å²) in [6.45, 7) is 21.6. The number of nitrogen functional groups attached to an aromatic ring is 2. The van der Waals surface area contributed by atoms with E-state index >= 15 is 0 Å². The monoisotopic (exact) mass is 1780 g/mol. The molecule has 0 spiro atoms. The van der Waals surface area contributed by atoms with Crippen molar-refractivity contribution in [2.75, 3.05) is 165 Å². The Morgan fingerprint density at radius 3 is 2.07 bits per heavy atom. The normalized spacial score (nSPS) is 26.5. The van der Waals surface area contributed by atoms with Crippen LogP contribution in [-0.4, -0.2) is 298 Å². The van der Waals surface area contributed by atoms with Crippen molar-refractivity contribution >= 4 is 69.1 Å². The van der Waals surface area contributed by atoms with Crippen molar-refractivity contribution in [2.24, 2.45) is 35.5 Å². The number of nitrogens with one attached hydrogen (secondary N) is 1. The topological polar surface area (TPSA) is 449 Å². The van der Waals surface area contributed by atoms with Crippen molar-refractivity contribution in [3.63, 3.8) is 0 Å². The molecule has 4 aromatic heterocycles. The van der Waals surface area contributed by atoms with Crippen LogP contribution in [0.2, 0.25) is 0 Å². The quantitative estimate of drug-likeness (QED) is 0.0106. The summed E-state index contributed by atoms with van der Waals surface area (Å²) < 4.78 is 96.4. The van der Waals surface area contributed by atoms with Gasteiger partial charge in [-0.05, 0) is 138 Å². The zero-order valence-corrected chi connectivity index (χ0v) is 75.9. The molecule has 9 rings (SSSR count). The summed E-state index contributed by atoms with van der Waals surface area (Å²) in [6, 6.07) is 4.39. The molecule has 3 fully saturated rings. The molecule has 2 amide bonds. The van der Waals surface area contributed by atoms with Crippen LogP contribution in [0.1, 0.15) is 150 Å². The van der Waals surface area contributed by atoms with Crippen LogP contribution in [0, 0.1) is 35.5 Å². The number of aliphatic hydroxyl groups excluding tert-OH is 1. The molecule has 36 heteroatoms. The maximum atomic E-state index is 14.8. The number of anilines is 2. The Balaban J connectivity index is 0.586. The summed E-state index contributed by atoms with van der Waals surface area (Å²) in [7, 11) is 4.61. The Hall–Kier alpha value is -8.28. The highest BCUT2D eigenvalue weighted by atomic mass is 16.6. The van der Waals surface area contributed by atoms with E-state index in [1.54, 1.807) is 56.5 Å². The number of oxazole rings is 1. The summed E-state index contributed by atoms with van der Waals surface area (Å²) in [4.78, 5) is 98.7. The second-order valence-electron chi connectivity index (χ2n) is 33.4. The maximum absolute atomic E-state index is 14.8. The summed E-state index contributed by atoms with van der Waals surface area (Å²) in [5, 5.41) is 40.7. The number of piperidine rings is 1. The Morgan fingerprint density at radius 1 is 0.717 bits per heavy atom. The third-order valence-corrected chi connectivity index (χ3v) is 23.7. The van der Waals surface area contributed by atoms with E-state index in [1.165, 1.54) is 18.3 Å². The van der Waals surface area contributed by atoms with Crippen LogP contribution in [0.3, 0.4) is 0 Å². The van der Waals surface area contributed by atoms with Crippen molar-refractivity contribution in [3.05, 3.63) is 84.0 Å². The number of ether oxygens (including phenoxy) is 15. The van der Waals surface area contributed by atoms with Crippen LogP contribution < -0.4 is 16.8 Å². The number of aromatic nitrogens is 8. The number of fused-ring (bicyclic) bond motifs is 5. The molecule has 2 bridgehead atoms. The van der Waals surface area contributed by atoms with E-state index in [-0.39, 0.29) is 92.5 Å². The largest absolute Gasteiger partial charge is 0.460 e. The fourth-order valence-electron chi connectivity index (χ4n) is 16.4. The number of allylic oxidation sites excluding steroid dienone is 6. The van der Waals surface area contributed by atoms with Crippen LogP contribution in [0.25, 0.3) is 33.4 Å². The lowest BCUT2D eigenvalue weighted by Crippen LogP contribution is -2.61. The molecule has 7 N–H and O–H groups in total. The van der Waals surface area contributed by atoms with Crippen LogP contribution >= 0.6 is 0 Å². The molecule has 1 saturated carbocycles. The number of cyclic esters (lactones) is 1. The average molecular weight is 1780 g/mol. The van der Waals surface area contributed by atoms with E-state index in [4.69, 9.17) is 92.0 Å². The number of Topliss-reactive ketones (excluding diaryl/α,β-unsaturated/α-hetero) is 3. The highest BCUT2D eigenvalue weighted by Crippen LogP contribution is 2.39. The first-order chi connectivity index (χ1) is 61.4. The van der Waals surface area contributed by atoms with Crippen molar-refractivity contribution in [3.8, 4) is 11.3 Å². The number of rotatable bonds is 45. The summed E-state index contributed by atoms with van der Waals surface area (Å²) in [6.07, 6.45) is 16.3. The molecule has 706 valence electrons. The Kier molecular flexibility index (Phi) is 43.9. The Bertz CT molecular complexity index is 4320. The number of carbonyl (C=O) groups is 6. The van der Waals surface area contributed by atoms with Gasteiger partial charge in [0.2, 0.25) is 11.7 Å². The number of aryl methyl sites for hydroxylation is 1. The molecule has 2 unspecified atom stereocenters. The predicted octanol–water partition coefficient (Wildman–Crippen LogP) is 8.25. The third-order valence-electron chi connectivity index (χ3n) is 23.7. The molecule has 1 aromatic carbocycles. The van der Waals surface area contributed by atoms with Gasteiger partial charge < -0.3 is 107 Å². The lowest BCUT2D eigenvalue weighted by Gasteiger charge is -2.42. The van der Waals surface area contributed by atoms with Crippen molar-refractivity contribution in [2.45, 2.75) is 219 Å². The van der Waals surface area contributed by atoms with Gasteiger partial charge in [0, 0.05) is 83.5 Å². The molecule has 1 aliphatic carbocycles. The van der Waals surface area contributed by atoms with Gasteiger partial charge in [-0.15, -0.1) is 5.10 Å². The van der Waals surface area contributed by atoms with Gasteiger partial charge in [-0.2, -0.15) is 10.1 Å². The number of nitrogens with two attached hydrogens (primary N) is 2. The second kappa shape index (κ2) is 54.4. The minimum absolute atomic E-state index is 0.00921. The number of unbranched alkanes of at least 4 members (excludes halogenated alkanes) is 1. The van der Waals surface area contributed by atoms with Gasteiger partial charge in [0.15, 0.2) is 17.0 Å². The highest BCUT2D eigenvalue weighted by molar-refractivity contribution is 6.39. The number of aliphatic hydroxyl groups is 2. The Labute approximate surface area is 744 Å². The van der Waals surface area contributed by atoms with Gasteiger partial charge in [-0.25, -0.2) is 24.1 Å². The van der Waals surface area contributed by atoms with Gasteiger partial charge in [0.05, 0.1) is 168 Å². The van der Waals surface area contributed by atoms with Crippen molar-refractivity contribution in [1.82, 2.24) is 49.9 Å². The van der Waals surface area contributed by atoms with E-state index < -0.39 is 77.8 Å². The molecule has 15 atom stereocenters. The molecular weight excluding hydrogens is 1650 g/mol. The third kappa shape index (κ3) is 32.4. The average Bonchev–Trinajstić information content (AvgIpc) is 1.54. The minimum Gasteiger partial charge on any atom is -0.460 e. The number of ketones is 3. The van der Waals surface area contributed by atoms with E-state index in [1.807, 2.05) is 76.4 Å². The first kappa shape index (κ1) is 102. The number of esters is 1. The van der Waals surface area contributed by atoms with Crippen LogP contribution in [-0.2, 0) is 120 Å². The summed E-state index contributed by atoms with van der Waals surface area (Å²) >= 11 is 0. The Morgan fingerprint density at radius 2 is 1.39 bits per heavy atom. The number of hydrogen-bond acceptors (Lipinski definition) is 32. The lowest BCUT2D eigenvalue weighted by atomic mass is 9.78. The van der Waals surface area contributed by atoms with Gasteiger partial charge in [-0.1, -0.05) is 76.3 Å². The molecule has 4 aliphatic rings. The van der Waals surface area contributed by atoms with E-state index in [0.29, 0.717) is 235 Å². The molecule has 5 aromatic rings. The van der Waals surface area contributed by atoms with Gasteiger partial charge in [0.25, 0.3) is 17.7 Å². The van der Waals surface area contributed by atoms with E-state index in [2.05, 4.69) is 30.6 Å². The van der Waals surface area contributed by atoms with Crippen molar-refractivity contribution < 1.29 is 114 Å². The number of carbonyl (C=O) groups excluding carboxylic acids is 6. The zero-order valence-electron chi connectivity index (χ0n) is 75.9. The zero-order chi connectivity index (χ0) is 91.0. The van der Waals surface area contributed by atoms with Crippen LogP contribution in [0.15, 0.2) is 82.7 Å². The van der Waals surface area contributed by atoms with Gasteiger partial charge >= 0.3 is 5.97 Å². The predicted molar refractivity (Wildman–Crippen MR) is 469 cm³/mol. The van der Waals surface area contributed by atoms with Crippen LogP contribution in [0.5, 0.6) is 0 Å². The highest BCUT2D eigenvalue weighted by Gasteiger charge is 2.53. The number of hydrogen-bond donors (Lipinski definition) is 5. The van der Waals surface area contributed by atoms with Gasteiger partial charge in [-0.3, -0.25) is 24.0 Å². The summed E-state index contributed by atoms with van der Waals surface area (Å²) in [5.74, 6) is -8.07. The van der Waals surface area contributed by atoms with Crippen molar-refractivity contribution in [1.29, 1.82) is 0 Å². The fourth-order valence-corrected chi connectivity index (χ4v) is 16.4. The second-order valence-corrected chi connectivity index (χ2v) is 33.4.